The van der Waals surface area contributed by atoms with Crippen LogP contribution in [0.5, 0.6) is 0 Å². The van der Waals surface area contributed by atoms with E-state index in [0.29, 0.717) is 6.54 Å². The SMILES string of the molecule is CCCCCCCCNC(=O)N(CCCCCSc1nc(-c2ccccc2)c(-c2ccccc2)[nH]1)c1ccccc1. The third-order valence-electron chi connectivity index (χ3n) is 7.18. The molecule has 2 amide bonds. The molecule has 0 unspecified atom stereocenters. The molecule has 1 heterocycles. The molecule has 0 saturated carbocycles. The Labute approximate surface area is 250 Å². The Hall–Kier alpha value is -3.51. The maximum Gasteiger partial charge on any atom is 0.321 e. The highest BCUT2D eigenvalue weighted by molar-refractivity contribution is 7.99. The van der Waals surface area contributed by atoms with Gasteiger partial charge in [0.2, 0.25) is 0 Å². The van der Waals surface area contributed by atoms with Gasteiger partial charge in [-0.25, -0.2) is 9.78 Å². The zero-order chi connectivity index (χ0) is 28.5. The first kappa shape index (κ1) is 30.4. The Bertz CT molecular complexity index is 1220. The van der Waals surface area contributed by atoms with Crippen LogP contribution in [0, 0.1) is 0 Å². The summed E-state index contributed by atoms with van der Waals surface area (Å²) in [4.78, 5) is 23.5. The molecular weight excluding hydrogens is 524 g/mol. The van der Waals surface area contributed by atoms with Crippen molar-refractivity contribution in [2.24, 2.45) is 0 Å². The van der Waals surface area contributed by atoms with E-state index in [-0.39, 0.29) is 6.03 Å². The van der Waals surface area contributed by atoms with Gasteiger partial charge in [-0.3, -0.25) is 4.90 Å². The van der Waals surface area contributed by atoms with Crippen molar-refractivity contribution in [2.75, 3.05) is 23.7 Å². The number of hydrogen-bond acceptors (Lipinski definition) is 3. The standard InChI is InChI=1S/C35H44N4OS/c1-2-3-4-5-6-17-26-36-35(40)39(31-24-15-9-16-25-31)27-18-10-19-28-41-34-37-32(29-20-11-7-12-21-29)33(38-34)30-22-13-8-14-23-30/h7-9,11-16,20-25H,2-6,10,17-19,26-28H2,1H3,(H,36,40)(H,37,38). The summed E-state index contributed by atoms with van der Waals surface area (Å²) in [5.41, 5.74) is 5.26. The maximum atomic E-state index is 13.1. The van der Waals surface area contributed by atoms with E-state index < -0.39 is 0 Å². The Kier molecular flexibility index (Phi) is 12.9. The highest BCUT2D eigenvalue weighted by Gasteiger charge is 2.16. The van der Waals surface area contributed by atoms with Crippen molar-refractivity contribution in [3.63, 3.8) is 0 Å². The number of amides is 2. The first-order valence-electron chi connectivity index (χ1n) is 15.2. The van der Waals surface area contributed by atoms with Crippen LogP contribution < -0.4 is 10.2 Å². The van der Waals surface area contributed by atoms with Crippen molar-refractivity contribution in [3.05, 3.63) is 91.0 Å². The van der Waals surface area contributed by atoms with Gasteiger partial charge < -0.3 is 10.3 Å². The number of aromatic nitrogens is 2. The van der Waals surface area contributed by atoms with Gasteiger partial charge in [-0.15, -0.1) is 0 Å². The van der Waals surface area contributed by atoms with E-state index in [9.17, 15) is 4.79 Å². The second-order valence-corrected chi connectivity index (χ2v) is 11.5. The summed E-state index contributed by atoms with van der Waals surface area (Å²) in [7, 11) is 0. The summed E-state index contributed by atoms with van der Waals surface area (Å²) in [5, 5.41) is 4.10. The monoisotopic (exact) mass is 568 g/mol. The fourth-order valence-electron chi connectivity index (χ4n) is 4.91. The zero-order valence-electron chi connectivity index (χ0n) is 24.4. The summed E-state index contributed by atoms with van der Waals surface area (Å²) in [6, 6.07) is 30.8. The number of para-hydroxylation sites is 1. The quantitative estimate of drug-likeness (QED) is 0.0985. The molecule has 0 aliphatic heterocycles. The maximum absolute atomic E-state index is 13.1. The van der Waals surface area contributed by atoms with Gasteiger partial charge in [-0.1, -0.05) is 136 Å². The van der Waals surface area contributed by atoms with Gasteiger partial charge in [0.15, 0.2) is 5.16 Å². The molecule has 4 aromatic rings. The van der Waals surface area contributed by atoms with Crippen molar-refractivity contribution in [1.29, 1.82) is 0 Å². The van der Waals surface area contributed by atoms with Crippen LogP contribution in [0.15, 0.2) is 96.2 Å². The molecular formula is C35H44N4OS. The highest BCUT2D eigenvalue weighted by atomic mass is 32.2. The molecule has 0 bridgehead atoms. The fraction of sp³-hybridized carbons (Fsp3) is 0.371. The van der Waals surface area contributed by atoms with Crippen molar-refractivity contribution in [3.8, 4) is 22.5 Å². The number of nitrogens with one attached hydrogen (secondary N) is 2. The molecule has 216 valence electrons. The minimum Gasteiger partial charge on any atom is -0.338 e. The molecule has 0 fully saturated rings. The summed E-state index contributed by atoms with van der Waals surface area (Å²) < 4.78 is 0. The lowest BCUT2D eigenvalue weighted by molar-refractivity contribution is 0.246. The predicted octanol–water partition coefficient (Wildman–Crippen LogP) is 9.58. The number of H-pyrrole nitrogens is 1. The molecule has 0 aliphatic rings. The molecule has 41 heavy (non-hydrogen) atoms. The fourth-order valence-corrected chi connectivity index (χ4v) is 5.78. The van der Waals surface area contributed by atoms with Crippen LogP contribution >= 0.6 is 11.8 Å². The van der Waals surface area contributed by atoms with E-state index in [0.717, 1.165) is 71.3 Å². The summed E-state index contributed by atoms with van der Waals surface area (Å²) in [5.74, 6) is 0.978. The van der Waals surface area contributed by atoms with E-state index in [1.54, 1.807) is 11.8 Å². The Morgan fingerprint density at radius 3 is 2.07 bits per heavy atom. The first-order chi connectivity index (χ1) is 20.3. The first-order valence-corrected chi connectivity index (χ1v) is 16.2. The number of benzene rings is 3. The topological polar surface area (TPSA) is 61.0 Å². The molecule has 2 N–H and O–H groups in total. The van der Waals surface area contributed by atoms with Crippen molar-refractivity contribution in [1.82, 2.24) is 15.3 Å². The van der Waals surface area contributed by atoms with Gasteiger partial charge in [0.1, 0.15) is 0 Å². The molecule has 0 radical (unpaired) electrons. The van der Waals surface area contributed by atoms with Gasteiger partial charge in [-0.05, 0) is 31.4 Å². The number of hydrogen-bond donors (Lipinski definition) is 2. The minimum absolute atomic E-state index is 0.0107. The Morgan fingerprint density at radius 1 is 0.756 bits per heavy atom. The number of nitrogens with zero attached hydrogens (tertiary/aromatic N) is 2. The Balaban J connectivity index is 1.25. The van der Waals surface area contributed by atoms with E-state index in [1.807, 2.05) is 47.4 Å². The summed E-state index contributed by atoms with van der Waals surface area (Å²) >= 11 is 1.77. The molecule has 4 rings (SSSR count). The number of anilines is 1. The normalized spacial score (nSPS) is 11.0. The lowest BCUT2D eigenvalue weighted by Crippen LogP contribution is -2.41. The van der Waals surface area contributed by atoms with Gasteiger partial charge in [0.25, 0.3) is 0 Å². The average molecular weight is 569 g/mol. The molecule has 5 nitrogen and oxygen atoms in total. The molecule has 0 atom stereocenters. The molecule has 0 aliphatic carbocycles. The van der Waals surface area contributed by atoms with E-state index >= 15 is 0 Å². The lowest BCUT2D eigenvalue weighted by Gasteiger charge is -2.23. The minimum atomic E-state index is 0.0107. The van der Waals surface area contributed by atoms with Crippen molar-refractivity contribution >= 4 is 23.5 Å². The van der Waals surface area contributed by atoms with Crippen LogP contribution in [-0.4, -0.2) is 34.8 Å². The van der Waals surface area contributed by atoms with Crippen LogP contribution in [0.4, 0.5) is 10.5 Å². The van der Waals surface area contributed by atoms with Crippen LogP contribution in [0.25, 0.3) is 22.5 Å². The third-order valence-corrected chi connectivity index (χ3v) is 8.14. The number of imidazole rings is 1. The van der Waals surface area contributed by atoms with Crippen LogP contribution in [0.1, 0.15) is 64.7 Å². The molecule has 1 aromatic heterocycles. The largest absolute Gasteiger partial charge is 0.338 e. The Morgan fingerprint density at radius 2 is 1.37 bits per heavy atom. The zero-order valence-corrected chi connectivity index (χ0v) is 25.2. The summed E-state index contributed by atoms with van der Waals surface area (Å²) in [6.45, 7) is 3.69. The smallest absolute Gasteiger partial charge is 0.321 e. The number of carbonyl (C=O) groups excluding carboxylic acids is 1. The molecule has 0 saturated heterocycles. The highest BCUT2D eigenvalue weighted by Crippen LogP contribution is 2.32. The second-order valence-electron chi connectivity index (χ2n) is 10.4. The summed E-state index contributed by atoms with van der Waals surface area (Å²) in [6.07, 6.45) is 10.4. The third kappa shape index (κ3) is 9.82. The number of urea groups is 1. The average Bonchev–Trinajstić information content (AvgIpc) is 3.46. The van der Waals surface area contributed by atoms with E-state index in [2.05, 4.69) is 65.8 Å². The number of unbranched alkanes of at least 4 members (excludes halogenated alkanes) is 7. The predicted molar refractivity (Wildman–Crippen MR) is 175 cm³/mol. The molecule has 0 spiro atoms. The van der Waals surface area contributed by atoms with E-state index in [4.69, 9.17) is 4.98 Å². The molecule has 6 heteroatoms. The number of thioether (sulfide) groups is 1. The number of rotatable bonds is 17. The van der Waals surface area contributed by atoms with Gasteiger partial charge in [0.05, 0.1) is 11.4 Å². The lowest BCUT2D eigenvalue weighted by atomic mass is 10.1. The second kappa shape index (κ2) is 17.3. The van der Waals surface area contributed by atoms with Gasteiger partial charge >= 0.3 is 6.03 Å². The molecule has 3 aromatic carbocycles. The number of aromatic amines is 1. The number of carbonyl (C=O) groups is 1. The van der Waals surface area contributed by atoms with Crippen LogP contribution in [0.3, 0.4) is 0 Å². The van der Waals surface area contributed by atoms with Gasteiger partial charge in [-0.2, -0.15) is 0 Å². The van der Waals surface area contributed by atoms with Crippen molar-refractivity contribution in [2.45, 2.75) is 69.9 Å². The van der Waals surface area contributed by atoms with Crippen molar-refractivity contribution < 1.29 is 4.79 Å². The van der Waals surface area contributed by atoms with Gasteiger partial charge in [0, 0.05) is 35.7 Å². The van der Waals surface area contributed by atoms with E-state index in [1.165, 1.54) is 32.1 Å². The van der Waals surface area contributed by atoms with Crippen LogP contribution in [-0.2, 0) is 0 Å². The van der Waals surface area contributed by atoms with Crippen LogP contribution in [0.2, 0.25) is 0 Å².